The highest BCUT2D eigenvalue weighted by Gasteiger charge is 2.12. The van der Waals surface area contributed by atoms with Crippen LogP contribution in [0.4, 0.5) is 0 Å². The molecule has 2 heterocycles. The lowest BCUT2D eigenvalue weighted by atomic mass is 10.1. The Labute approximate surface area is 117 Å². The molecule has 0 aliphatic carbocycles. The second-order valence-corrected chi connectivity index (χ2v) is 6.55. The van der Waals surface area contributed by atoms with Gasteiger partial charge in [-0.2, -0.15) is 0 Å². The van der Waals surface area contributed by atoms with Gasteiger partial charge in [0, 0.05) is 12.4 Å². The molecule has 0 saturated carbocycles. The number of nitrogens with zero attached hydrogens (tertiary/aromatic N) is 1. The van der Waals surface area contributed by atoms with Crippen LogP contribution in [0, 0.1) is 0 Å². The first-order chi connectivity index (χ1) is 7.66. The van der Waals surface area contributed by atoms with Crippen molar-refractivity contribution in [2.75, 3.05) is 0 Å². The fourth-order valence-electron chi connectivity index (χ4n) is 1.37. The minimum Gasteiger partial charge on any atom is -0.263 e. The van der Waals surface area contributed by atoms with Crippen molar-refractivity contribution in [2.24, 2.45) is 0 Å². The summed E-state index contributed by atoms with van der Waals surface area (Å²) in [4.78, 5) is 3.95. The summed E-state index contributed by atoms with van der Waals surface area (Å²) >= 11 is 17.4. The van der Waals surface area contributed by atoms with E-state index in [4.69, 9.17) is 23.2 Å². The van der Waals surface area contributed by atoms with Gasteiger partial charge >= 0.3 is 0 Å². The highest BCUT2D eigenvalue weighted by Crippen LogP contribution is 2.32. The molecule has 2 aromatic heterocycles. The fraction of sp³-hybridized carbons (Fsp3) is 0.182. The summed E-state index contributed by atoms with van der Waals surface area (Å²) in [6.07, 6.45) is 4.09. The first-order valence-corrected chi connectivity index (χ1v) is 7.12. The van der Waals surface area contributed by atoms with E-state index in [-0.39, 0.29) is 5.38 Å². The highest BCUT2D eigenvalue weighted by atomic mass is 79.9. The summed E-state index contributed by atoms with van der Waals surface area (Å²) in [7, 11) is 0. The number of thiophene rings is 1. The Balaban J connectivity index is 2.13. The third kappa shape index (κ3) is 2.98. The molecule has 0 amide bonds. The van der Waals surface area contributed by atoms with E-state index >= 15 is 0 Å². The Morgan fingerprint density at radius 1 is 1.50 bits per heavy atom. The molecule has 0 aromatic carbocycles. The number of halogens is 3. The molecule has 0 saturated heterocycles. The third-order valence-electron chi connectivity index (χ3n) is 2.20. The normalized spacial score (nSPS) is 12.7. The maximum Gasteiger partial charge on any atom is 0.0701 e. The number of hydrogen-bond donors (Lipinski definition) is 0. The third-order valence-corrected chi connectivity index (χ3v) is 4.47. The van der Waals surface area contributed by atoms with Gasteiger partial charge in [0.1, 0.15) is 0 Å². The Hall–Kier alpha value is -0.0900. The smallest absolute Gasteiger partial charge is 0.0701 e. The zero-order chi connectivity index (χ0) is 11.5. The first-order valence-electron chi connectivity index (χ1n) is 4.63. The van der Waals surface area contributed by atoms with Gasteiger partial charge in [0.15, 0.2) is 0 Å². The standard InChI is InChI=1S/C11H8BrCl2NS/c12-11-4-8(6-16-11)9(13)3-7-1-2-15-5-10(7)14/h1-2,4-6,9H,3H2. The van der Waals surface area contributed by atoms with Crippen molar-refractivity contribution >= 4 is 50.5 Å². The highest BCUT2D eigenvalue weighted by molar-refractivity contribution is 9.11. The first kappa shape index (κ1) is 12.4. The number of alkyl halides is 1. The topological polar surface area (TPSA) is 12.9 Å². The van der Waals surface area contributed by atoms with Gasteiger partial charge in [-0.15, -0.1) is 22.9 Å². The van der Waals surface area contributed by atoms with E-state index in [1.807, 2.05) is 12.1 Å². The lowest BCUT2D eigenvalue weighted by molar-refractivity contribution is 0.921. The van der Waals surface area contributed by atoms with E-state index in [2.05, 4.69) is 26.3 Å². The fourth-order valence-corrected chi connectivity index (χ4v) is 3.16. The van der Waals surface area contributed by atoms with Crippen LogP contribution in [0.15, 0.2) is 33.7 Å². The Bertz CT molecular complexity index is 486. The van der Waals surface area contributed by atoms with Gasteiger partial charge in [-0.25, -0.2) is 0 Å². The molecule has 1 unspecified atom stereocenters. The molecular weight excluding hydrogens is 329 g/mol. The van der Waals surface area contributed by atoms with Crippen LogP contribution in [0.2, 0.25) is 5.02 Å². The lowest BCUT2D eigenvalue weighted by Crippen LogP contribution is -1.95. The molecule has 2 aromatic rings. The SMILES string of the molecule is Clc1cnccc1CC(Cl)c1csc(Br)c1. The van der Waals surface area contributed by atoms with Crippen molar-refractivity contribution in [2.45, 2.75) is 11.8 Å². The molecule has 84 valence electrons. The number of aromatic nitrogens is 1. The van der Waals surface area contributed by atoms with Crippen LogP contribution in [0.1, 0.15) is 16.5 Å². The molecular formula is C11H8BrCl2NS. The van der Waals surface area contributed by atoms with Gasteiger partial charge in [0.2, 0.25) is 0 Å². The van der Waals surface area contributed by atoms with E-state index in [9.17, 15) is 0 Å². The van der Waals surface area contributed by atoms with Crippen LogP contribution < -0.4 is 0 Å². The van der Waals surface area contributed by atoms with Crippen LogP contribution in [0.5, 0.6) is 0 Å². The zero-order valence-electron chi connectivity index (χ0n) is 8.16. The van der Waals surface area contributed by atoms with Gasteiger partial charge in [0.05, 0.1) is 14.2 Å². The van der Waals surface area contributed by atoms with Gasteiger partial charge in [-0.3, -0.25) is 4.98 Å². The Morgan fingerprint density at radius 2 is 2.31 bits per heavy atom. The second kappa shape index (κ2) is 5.50. The summed E-state index contributed by atoms with van der Waals surface area (Å²) in [6.45, 7) is 0. The lowest BCUT2D eigenvalue weighted by Gasteiger charge is -2.08. The number of hydrogen-bond acceptors (Lipinski definition) is 2. The van der Waals surface area contributed by atoms with Crippen LogP contribution >= 0.6 is 50.5 Å². The molecule has 16 heavy (non-hydrogen) atoms. The van der Waals surface area contributed by atoms with Gasteiger partial charge in [-0.05, 0) is 51.0 Å². The molecule has 2 rings (SSSR count). The van der Waals surface area contributed by atoms with E-state index in [0.29, 0.717) is 11.4 Å². The van der Waals surface area contributed by atoms with E-state index in [1.165, 1.54) is 0 Å². The second-order valence-electron chi connectivity index (χ2n) is 3.32. The van der Waals surface area contributed by atoms with Crippen LogP contribution in [0.3, 0.4) is 0 Å². The average molecular weight is 337 g/mol. The predicted molar refractivity (Wildman–Crippen MR) is 73.6 cm³/mol. The largest absolute Gasteiger partial charge is 0.263 e. The molecule has 0 fully saturated rings. The van der Waals surface area contributed by atoms with Crippen LogP contribution in [-0.2, 0) is 6.42 Å². The molecule has 5 heteroatoms. The number of rotatable bonds is 3. The molecule has 0 bridgehead atoms. The maximum absolute atomic E-state index is 6.33. The van der Waals surface area contributed by atoms with E-state index < -0.39 is 0 Å². The summed E-state index contributed by atoms with van der Waals surface area (Å²) in [5, 5.41) is 2.67. The van der Waals surface area contributed by atoms with Crippen molar-refractivity contribution in [3.63, 3.8) is 0 Å². The molecule has 1 atom stereocenters. The minimum atomic E-state index is -0.0533. The van der Waals surface area contributed by atoms with Crippen LogP contribution in [-0.4, -0.2) is 4.98 Å². The van der Waals surface area contributed by atoms with Crippen molar-refractivity contribution in [1.29, 1.82) is 0 Å². The Kier molecular flexibility index (Phi) is 4.25. The molecule has 1 nitrogen and oxygen atoms in total. The van der Waals surface area contributed by atoms with Crippen molar-refractivity contribution in [3.8, 4) is 0 Å². The minimum absolute atomic E-state index is 0.0533. The van der Waals surface area contributed by atoms with Crippen molar-refractivity contribution in [1.82, 2.24) is 4.98 Å². The molecule has 0 aliphatic rings. The number of pyridine rings is 1. The Morgan fingerprint density at radius 3 is 2.94 bits per heavy atom. The zero-order valence-corrected chi connectivity index (χ0v) is 12.1. The van der Waals surface area contributed by atoms with Gasteiger partial charge < -0.3 is 0 Å². The van der Waals surface area contributed by atoms with Crippen molar-refractivity contribution < 1.29 is 0 Å². The maximum atomic E-state index is 6.33. The quantitative estimate of drug-likeness (QED) is 0.712. The molecule has 0 N–H and O–H groups in total. The van der Waals surface area contributed by atoms with E-state index in [1.54, 1.807) is 23.7 Å². The summed E-state index contributed by atoms with van der Waals surface area (Å²) < 4.78 is 1.09. The van der Waals surface area contributed by atoms with Gasteiger partial charge in [-0.1, -0.05) is 11.6 Å². The monoisotopic (exact) mass is 335 g/mol. The molecule has 0 radical (unpaired) electrons. The predicted octanol–water partition coefficient (Wildman–Crippen LogP) is 5.08. The van der Waals surface area contributed by atoms with Gasteiger partial charge in [0.25, 0.3) is 0 Å². The van der Waals surface area contributed by atoms with Crippen LogP contribution in [0.25, 0.3) is 0 Å². The molecule has 0 spiro atoms. The average Bonchev–Trinajstić information content (AvgIpc) is 2.68. The molecule has 0 aliphatic heterocycles. The van der Waals surface area contributed by atoms with E-state index in [0.717, 1.165) is 14.9 Å². The van der Waals surface area contributed by atoms with Crippen molar-refractivity contribution in [3.05, 3.63) is 49.8 Å². The summed E-state index contributed by atoms with van der Waals surface area (Å²) in [6, 6.07) is 3.94. The summed E-state index contributed by atoms with van der Waals surface area (Å²) in [5.41, 5.74) is 2.14. The summed E-state index contributed by atoms with van der Waals surface area (Å²) in [5.74, 6) is 0.